The van der Waals surface area contributed by atoms with Gasteiger partial charge in [0.2, 0.25) is 0 Å². The van der Waals surface area contributed by atoms with Crippen LogP contribution in [0.15, 0.2) is 0 Å². The summed E-state index contributed by atoms with van der Waals surface area (Å²) in [7, 11) is 0. The first-order valence-electron chi connectivity index (χ1n) is 6.53. The molecule has 3 N–H and O–H groups in total. The van der Waals surface area contributed by atoms with Crippen molar-refractivity contribution in [1.82, 2.24) is 5.32 Å². The molecule has 0 rings (SSSR count). The molecule has 0 aromatic carbocycles. The first-order chi connectivity index (χ1) is 8.77. The standard InChI is InChI=1S/C12H28N2O4/c1-12(2)11-14-3-4-15-5-6-16-7-8-17-9-10-18-13/h12,14H,3-11,13H2,1-2H3. The van der Waals surface area contributed by atoms with Crippen LogP contribution in [0.4, 0.5) is 0 Å². The summed E-state index contributed by atoms with van der Waals surface area (Å²) in [6.45, 7) is 10.3. The molecule has 0 unspecified atom stereocenters. The third-order valence-electron chi connectivity index (χ3n) is 2.07. The van der Waals surface area contributed by atoms with E-state index in [-0.39, 0.29) is 0 Å². The molecule has 0 saturated heterocycles. The highest BCUT2D eigenvalue weighted by molar-refractivity contribution is 4.49. The zero-order valence-corrected chi connectivity index (χ0v) is 11.7. The predicted octanol–water partition coefficient (Wildman–Crippen LogP) is 0.172. The van der Waals surface area contributed by atoms with E-state index >= 15 is 0 Å². The smallest absolute Gasteiger partial charge is 0.0913 e. The van der Waals surface area contributed by atoms with Gasteiger partial charge in [0, 0.05) is 6.54 Å². The normalized spacial score (nSPS) is 11.3. The molecule has 0 fully saturated rings. The molecule has 0 aliphatic carbocycles. The van der Waals surface area contributed by atoms with Crippen molar-refractivity contribution in [2.45, 2.75) is 13.8 Å². The Morgan fingerprint density at radius 3 is 1.83 bits per heavy atom. The molecule has 0 aliphatic rings. The molecule has 0 radical (unpaired) electrons. The van der Waals surface area contributed by atoms with Crippen LogP contribution in [0.3, 0.4) is 0 Å². The fourth-order valence-corrected chi connectivity index (χ4v) is 1.18. The average Bonchev–Trinajstić information content (AvgIpc) is 2.34. The summed E-state index contributed by atoms with van der Waals surface area (Å²) in [4.78, 5) is 4.36. The van der Waals surface area contributed by atoms with E-state index in [0.717, 1.165) is 19.7 Å². The van der Waals surface area contributed by atoms with Crippen molar-refractivity contribution in [1.29, 1.82) is 0 Å². The lowest BCUT2D eigenvalue weighted by Gasteiger charge is -2.08. The van der Waals surface area contributed by atoms with Crippen LogP contribution in [-0.4, -0.2) is 59.3 Å². The molecule has 0 saturated carbocycles. The van der Waals surface area contributed by atoms with E-state index in [1.165, 1.54) is 0 Å². The number of hydrogen-bond donors (Lipinski definition) is 2. The third-order valence-corrected chi connectivity index (χ3v) is 2.07. The van der Waals surface area contributed by atoms with E-state index in [4.69, 9.17) is 20.1 Å². The van der Waals surface area contributed by atoms with E-state index in [0.29, 0.717) is 45.6 Å². The van der Waals surface area contributed by atoms with Gasteiger partial charge >= 0.3 is 0 Å². The van der Waals surface area contributed by atoms with Gasteiger partial charge in [-0.1, -0.05) is 13.8 Å². The van der Waals surface area contributed by atoms with Crippen LogP contribution in [0, 0.1) is 5.92 Å². The minimum Gasteiger partial charge on any atom is -0.378 e. The van der Waals surface area contributed by atoms with Crippen molar-refractivity contribution in [3.63, 3.8) is 0 Å². The molecule has 18 heavy (non-hydrogen) atoms. The van der Waals surface area contributed by atoms with Gasteiger partial charge in [0.15, 0.2) is 0 Å². The fourth-order valence-electron chi connectivity index (χ4n) is 1.18. The Balaban J connectivity index is 2.90. The molecule has 6 heteroatoms. The number of nitrogens with one attached hydrogen (secondary N) is 1. The topological polar surface area (TPSA) is 75.0 Å². The van der Waals surface area contributed by atoms with Crippen LogP contribution in [0.25, 0.3) is 0 Å². The van der Waals surface area contributed by atoms with E-state index in [9.17, 15) is 0 Å². The van der Waals surface area contributed by atoms with Crippen molar-refractivity contribution < 1.29 is 19.0 Å². The predicted molar refractivity (Wildman–Crippen MR) is 70.3 cm³/mol. The van der Waals surface area contributed by atoms with Gasteiger partial charge in [-0.3, -0.25) is 0 Å². The first kappa shape index (κ1) is 17.8. The Morgan fingerprint density at radius 2 is 1.33 bits per heavy atom. The van der Waals surface area contributed by atoms with Crippen molar-refractivity contribution in [3.05, 3.63) is 0 Å². The van der Waals surface area contributed by atoms with Crippen LogP contribution in [-0.2, 0) is 19.0 Å². The van der Waals surface area contributed by atoms with Gasteiger partial charge in [0.25, 0.3) is 0 Å². The van der Waals surface area contributed by atoms with Gasteiger partial charge < -0.3 is 24.4 Å². The third kappa shape index (κ3) is 15.8. The summed E-state index contributed by atoms with van der Waals surface area (Å²) in [6, 6.07) is 0. The molecule has 0 heterocycles. The highest BCUT2D eigenvalue weighted by atomic mass is 16.6. The maximum absolute atomic E-state index is 5.40. The second kappa shape index (κ2) is 14.8. The lowest BCUT2D eigenvalue weighted by molar-refractivity contribution is -0.00169. The quantitative estimate of drug-likeness (QED) is 0.344. The molecular formula is C12H28N2O4. The van der Waals surface area contributed by atoms with Gasteiger partial charge in [-0.25, -0.2) is 5.90 Å². The zero-order valence-electron chi connectivity index (χ0n) is 11.7. The molecule has 0 atom stereocenters. The Kier molecular flexibility index (Phi) is 14.6. The maximum Gasteiger partial charge on any atom is 0.0913 e. The van der Waals surface area contributed by atoms with Crippen molar-refractivity contribution >= 4 is 0 Å². The molecule has 0 amide bonds. The van der Waals surface area contributed by atoms with Gasteiger partial charge in [-0.2, -0.15) is 0 Å². The molecule has 0 spiro atoms. The molecular weight excluding hydrogens is 236 g/mol. The summed E-state index contributed by atoms with van der Waals surface area (Å²) < 4.78 is 15.9. The SMILES string of the molecule is CC(C)CNCCOCCOCCOCCON. The van der Waals surface area contributed by atoms with Crippen LogP contribution >= 0.6 is 0 Å². The summed E-state index contributed by atoms with van der Waals surface area (Å²) in [5.74, 6) is 5.52. The van der Waals surface area contributed by atoms with E-state index in [1.54, 1.807) is 0 Å². The van der Waals surface area contributed by atoms with Crippen LogP contribution < -0.4 is 11.2 Å². The second-order valence-electron chi connectivity index (χ2n) is 4.31. The summed E-state index contributed by atoms with van der Waals surface area (Å²) in [5.41, 5.74) is 0. The molecule has 0 aromatic heterocycles. The minimum atomic E-state index is 0.409. The van der Waals surface area contributed by atoms with Gasteiger partial charge in [-0.15, -0.1) is 0 Å². The van der Waals surface area contributed by atoms with Crippen molar-refractivity contribution in [2.75, 3.05) is 59.3 Å². The zero-order chi connectivity index (χ0) is 13.5. The van der Waals surface area contributed by atoms with E-state index in [2.05, 4.69) is 24.0 Å². The van der Waals surface area contributed by atoms with Gasteiger partial charge in [0.05, 0.1) is 46.2 Å². The minimum absolute atomic E-state index is 0.409. The number of rotatable bonds is 14. The highest BCUT2D eigenvalue weighted by Crippen LogP contribution is 1.86. The Bertz CT molecular complexity index is 159. The Labute approximate surface area is 110 Å². The van der Waals surface area contributed by atoms with Crippen molar-refractivity contribution in [2.24, 2.45) is 11.8 Å². The molecule has 0 aromatic rings. The summed E-state index contributed by atoms with van der Waals surface area (Å²) in [6.07, 6.45) is 0. The summed E-state index contributed by atoms with van der Waals surface area (Å²) in [5, 5.41) is 3.31. The van der Waals surface area contributed by atoms with E-state index in [1.807, 2.05) is 0 Å². The van der Waals surface area contributed by atoms with E-state index < -0.39 is 0 Å². The second-order valence-corrected chi connectivity index (χ2v) is 4.31. The molecule has 0 bridgehead atoms. The average molecular weight is 264 g/mol. The lowest BCUT2D eigenvalue weighted by Crippen LogP contribution is -2.24. The van der Waals surface area contributed by atoms with Crippen molar-refractivity contribution in [3.8, 4) is 0 Å². The van der Waals surface area contributed by atoms with Gasteiger partial charge in [-0.05, 0) is 12.5 Å². The monoisotopic (exact) mass is 264 g/mol. The van der Waals surface area contributed by atoms with Crippen LogP contribution in [0.2, 0.25) is 0 Å². The maximum atomic E-state index is 5.40. The first-order valence-corrected chi connectivity index (χ1v) is 6.53. The number of ether oxygens (including phenoxy) is 3. The van der Waals surface area contributed by atoms with Gasteiger partial charge in [0.1, 0.15) is 0 Å². The fraction of sp³-hybridized carbons (Fsp3) is 1.00. The van der Waals surface area contributed by atoms with Crippen LogP contribution in [0.5, 0.6) is 0 Å². The largest absolute Gasteiger partial charge is 0.378 e. The highest BCUT2D eigenvalue weighted by Gasteiger charge is 1.93. The Morgan fingerprint density at radius 1 is 0.833 bits per heavy atom. The number of nitrogens with two attached hydrogens (primary N) is 1. The number of hydrogen-bond acceptors (Lipinski definition) is 6. The Hall–Kier alpha value is -0.240. The molecule has 6 nitrogen and oxygen atoms in total. The molecule has 110 valence electrons. The lowest BCUT2D eigenvalue weighted by atomic mass is 10.2. The van der Waals surface area contributed by atoms with Crippen LogP contribution in [0.1, 0.15) is 13.8 Å². The molecule has 0 aliphatic heterocycles. The summed E-state index contributed by atoms with van der Waals surface area (Å²) >= 11 is 0.